The highest BCUT2D eigenvalue weighted by molar-refractivity contribution is 6.30. The van der Waals surface area contributed by atoms with Crippen LogP contribution in [0.1, 0.15) is 13.8 Å². The fraction of sp³-hybridized carbons (Fsp3) is 0.200. The lowest BCUT2D eigenvalue weighted by Gasteiger charge is -2.05. The molecule has 0 spiro atoms. The number of guanidine groups is 2. The molecule has 0 heterocycles. The Bertz CT molecular complexity index is 653. The summed E-state index contributed by atoms with van der Waals surface area (Å²) in [6.45, 7) is 3.82. The molecular weight excluding hydrogens is 350 g/mol. The summed E-state index contributed by atoms with van der Waals surface area (Å²) in [5.41, 5.74) is 12.0. The van der Waals surface area contributed by atoms with E-state index in [-0.39, 0.29) is 18.0 Å². The number of nitrogens with zero attached hydrogens (tertiary/aromatic N) is 2. The zero-order chi connectivity index (χ0) is 19.4. The van der Waals surface area contributed by atoms with E-state index in [1.54, 1.807) is 24.3 Å². The second-order valence-corrected chi connectivity index (χ2v) is 5.16. The van der Waals surface area contributed by atoms with Gasteiger partial charge < -0.3 is 27.0 Å². The van der Waals surface area contributed by atoms with Crippen LogP contribution in [0.3, 0.4) is 0 Å². The molecule has 10 heteroatoms. The van der Waals surface area contributed by atoms with Gasteiger partial charge in [0.1, 0.15) is 0 Å². The van der Waals surface area contributed by atoms with Crippen molar-refractivity contribution in [2.75, 3.05) is 5.32 Å². The van der Waals surface area contributed by atoms with Crippen molar-refractivity contribution in [3.05, 3.63) is 41.4 Å². The Morgan fingerprint density at radius 2 is 1.60 bits per heavy atom. The van der Waals surface area contributed by atoms with E-state index in [2.05, 4.69) is 15.3 Å². The Labute approximate surface area is 149 Å². The monoisotopic (exact) mass is 369 g/mol. The van der Waals surface area contributed by atoms with Gasteiger partial charge in [-0.05, 0) is 38.1 Å². The number of carboxylic acid groups (broad SMARTS) is 2. The molecule has 0 unspecified atom stereocenters. The molecule has 0 aliphatic carbocycles. The lowest BCUT2D eigenvalue weighted by atomic mass is 10.3. The standard InChI is InChI=1S/C11H16ClN5.C4H4O4/c1-7(2)15-10(13)17-11(14)16-9-5-3-8(12)4-6-9;5-3(6)1-2-4(7)8/h3-7H,1-2H3,(H5,13,14,15,16,17);1-2H,(H,5,6)(H,7,8)/b;2-1-. The van der Waals surface area contributed by atoms with Crippen LogP contribution in [-0.2, 0) is 9.59 Å². The van der Waals surface area contributed by atoms with Crippen molar-refractivity contribution >= 4 is 41.1 Å². The van der Waals surface area contributed by atoms with Crippen molar-refractivity contribution in [2.24, 2.45) is 21.5 Å². The summed E-state index contributed by atoms with van der Waals surface area (Å²) in [7, 11) is 0. The zero-order valence-electron chi connectivity index (χ0n) is 13.7. The first-order valence-corrected chi connectivity index (χ1v) is 7.32. The number of aliphatic imine (C=N–C) groups is 2. The summed E-state index contributed by atoms with van der Waals surface area (Å²) < 4.78 is 0. The summed E-state index contributed by atoms with van der Waals surface area (Å²) in [6, 6.07) is 7.17. The molecule has 0 atom stereocenters. The van der Waals surface area contributed by atoms with Crippen molar-refractivity contribution < 1.29 is 19.8 Å². The molecule has 0 saturated heterocycles. The number of halogens is 1. The van der Waals surface area contributed by atoms with Crippen molar-refractivity contribution in [2.45, 2.75) is 19.9 Å². The maximum absolute atomic E-state index is 9.55. The topological polar surface area (TPSA) is 163 Å². The van der Waals surface area contributed by atoms with E-state index in [0.717, 1.165) is 5.69 Å². The summed E-state index contributed by atoms with van der Waals surface area (Å²) in [4.78, 5) is 27.1. The second kappa shape index (κ2) is 11.5. The average Bonchev–Trinajstić information content (AvgIpc) is 2.47. The summed E-state index contributed by atoms with van der Waals surface area (Å²) >= 11 is 5.76. The molecular formula is C15H20ClN5O4. The number of rotatable bonds is 4. The lowest BCUT2D eigenvalue weighted by molar-refractivity contribution is -0.134. The van der Waals surface area contributed by atoms with E-state index >= 15 is 0 Å². The minimum Gasteiger partial charge on any atom is -0.478 e. The third-order valence-corrected chi connectivity index (χ3v) is 2.36. The Kier molecular flexibility index (Phi) is 10.1. The van der Waals surface area contributed by atoms with Crippen LogP contribution in [0.2, 0.25) is 5.02 Å². The van der Waals surface area contributed by atoms with Crippen molar-refractivity contribution in [3.63, 3.8) is 0 Å². The number of nitrogens with one attached hydrogen (secondary N) is 1. The molecule has 0 aliphatic rings. The van der Waals surface area contributed by atoms with Gasteiger partial charge in [-0.25, -0.2) is 14.6 Å². The predicted octanol–water partition coefficient (Wildman–Crippen LogP) is 1.50. The number of nitrogens with two attached hydrogens (primary N) is 2. The van der Waals surface area contributed by atoms with Crippen LogP contribution in [0.25, 0.3) is 0 Å². The molecule has 0 bridgehead atoms. The van der Waals surface area contributed by atoms with Crippen LogP contribution in [0.5, 0.6) is 0 Å². The molecule has 0 saturated carbocycles. The van der Waals surface area contributed by atoms with Gasteiger partial charge >= 0.3 is 11.9 Å². The highest BCUT2D eigenvalue weighted by Crippen LogP contribution is 2.12. The van der Waals surface area contributed by atoms with Gasteiger partial charge in [0.25, 0.3) is 0 Å². The average molecular weight is 370 g/mol. The van der Waals surface area contributed by atoms with Crippen LogP contribution >= 0.6 is 11.6 Å². The molecule has 1 aromatic rings. The van der Waals surface area contributed by atoms with Crippen LogP contribution in [0, 0.1) is 0 Å². The number of benzene rings is 1. The maximum atomic E-state index is 9.55. The third kappa shape index (κ3) is 13.1. The number of carboxylic acids is 2. The number of anilines is 1. The summed E-state index contributed by atoms with van der Waals surface area (Å²) in [6.07, 6.45) is 1.12. The largest absolute Gasteiger partial charge is 0.478 e. The number of carbonyl (C=O) groups is 2. The molecule has 0 fully saturated rings. The Hall–Kier alpha value is -3.07. The highest BCUT2D eigenvalue weighted by Gasteiger charge is 1.97. The second-order valence-electron chi connectivity index (χ2n) is 4.72. The van der Waals surface area contributed by atoms with Crippen molar-refractivity contribution in [3.8, 4) is 0 Å². The fourth-order valence-electron chi connectivity index (χ4n) is 1.27. The Morgan fingerprint density at radius 3 is 2.00 bits per heavy atom. The van der Waals surface area contributed by atoms with Crippen molar-refractivity contribution in [1.82, 2.24) is 0 Å². The van der Waals surface area contributed by atoms with Gasteiger partial charge in [0.15, 0.2) is 0 Å². The van der Waals surface area contributed by atoms with Gasteiger partial charge in [0, 0.05) is 28.9 Å². The van der Waals surface area contributed by atoms with Gasteiger partial charge in [-0.1, -0.05) is 11.6 Å². The number of aliphatic carboxylic acids is 2. The van der Waals surface area contributed by atoms with Gasteiger partial charge in [-0.3, -0.25) is 0 Å². The van der Waals surface area contributed by atoms with Gasteiger partial charge in [0.2, 0.25) is 11.9 Å². The van der Waals surface area contributed by atoms with Crippen LogP contribution < -0.4 is 16.8 Å². The van der Waals surface area contributed by atoms with Crippen LogP contribution in [0.15, 0.2) is 46.4 Å². The Balaban J connectivity index is 0.000000609. The predicted molar refractivity (Wildman–Crippen MR) is 97.9 cm³/mol. The first-order valence-electron chi connectivity index (χ1n) is 6.94. The van der Waals surface area contributed by atoms with Crippen molar-refractivity contribution in [1.29, 1.82) is 0 Å². The number of hydrogen-bond acceptors (Lipinski definition) is 3. The van der Waals surface area contributed by atoms with Crippen LogP contribution in [0.4, 0.5) is 5.69 Å². The molecule has 1 rings (SSSR count). The quantitative estimate of drug-likeness (QED) is 0.305. The van der Waals surface area contributed by atoms with E-state index in [1.165, 1.54) is 0 Å². The van der Waals surface area contributed by atoms with E-state index < -0.39 is 11.9 Å². The molecule has 0 aliphatic heterocycles. The number of hydrogen-bond donors (Lipinski definition) is 5. The normalized spacial score (nSPS) is 11.8. The van der Waals surface area contributed by atoms with Gasteiger partial charge in [0.05, 0.1) is 0 Å². The molecule has 0 aromatic heterocycles. The molecule has 1 aromatic carbocycles. The van der Waals surface area contributed by atoms with E-state index in [4.69, 9.17) is 33.3 Å². The smallest absolute Gasteiger partial charge is 0.328 e. The summed E-state index contributed by atoms with van der Waals surface area (Å²) in [5, 5.41) is 19.2. The first kappa shape index (κ1) is 21.9. The molecule has 136 valence electrons. The highest BCUT2D eigenvalue weighted by atomic mass is 35.5. The summed E-state index contributed by atoms with van der Waals surface area (Å²) in [5.74, 6) is -2.17. The molecule has 9 nitrogen and oxygen atoms in total. The van der Waals surface area contributed by atoms with E-state index in [1.807, 2.05) is 13.8 Å². The van der Waals surface area contributed by atoms with Crippen LogP contribution in [-0.4, -0.2) is 40.1 Å². The fourth-order valence-corrected chi connectivity index (χ4v) is 1.39. The third-order valence-electron chi connectivity index (χ3n) is 2.11. The molecule has 25 heavy (non-hydrogen) atoms. The van der Waals surface area contributed by atoms with Gasteiger partial charge in [-0.2, -0.15) is 4.99 Å². The minimum absolute atomic E-state index is 0.0853. The SMILES string of the molecule is CC(C)N=C(N)N=C(N)Nc1ccc(Cl)cc1.O=C(O)/C=C\C(=O)O. The zero-order valence-corrected chi connectivity index (χ0v) is 14.4. The van der Waals surface area contributed by atoms with E-state index in [0.29, 0.717) is 17.2 Å². The van der Waals surface area contributed by atoms with Gasteiger partial charge in [-0.15, -0.1) is 0 Å². The molecule has 0 amide bonds. The Morgan fingerprint density at radius 1 is 1.12 bits per heavy atom. The molecule has 7 N–H and O–H groups in total. The maximum Gasteiger partial charge on any atom is 0.328 e. The molecule has 0 radical (unpaired) electrons. The van der Waals surface area contributed by atoms with E-state index in [9.17, 15) is 9.59 Å². The lowest BCUT2D eigenvalue weighted by Crippen LogP contribution is -2.26. The minimum atomic E-state index is -1.26. The first-order chi connectivity index (χ1) is 11.6.